The summed E-state index contributed by atoms with van der Waals surface area (Å²) in [6.45, 7) is 5.55. The summed E-state index contributed by atoms with van der Waals surface area (Å²) in [5.41, 5.74) is 1.30. The summed E-state index contributed by atoms with van der Waals surface area (Å²) in [6, 6.07) is 2.09. The van der Waals surface area contributed by atoms with E-state index in [1.54, 1.807) is 0 Å². The molecule has 0 saturated carbocycles. The van der Waals surface area contributed by atoms with Gasteiger partial charge in [0.15, 0.2) is 0 Å². The summed E-state index contributed by atoms with van der Waals surface area (Å²) in [7, 11) is 2.00. The van der Waals surface area contributed by atoms with Crippen LogP contribution in [0, 0.1) is 5.92 Å². The van der Waals surface area contributed by atoms with Gasteiger partial charge in [-0.15, -0.1) is 11.6 Å². The first kappa shape index (κ1) is 11.9. The number of rotatable bonds is 3. The highest BCUT2D eigenvalue weighted by Crippen LogP contribution is 2.21. The molecule has 0 radical (unpaired) electrons. The highest BCUT2D eigenvalue weighted by molar-refractivity contribution is 6.21. The molecule has 1 aliphatic heterocycles. The number of hydrogen-bond acceptors (Lipinski definition) is 2. The SMILES string of the molecule is CC1CCN(CCc2ccnn2C)CC1Cl. The molecule has 4 heteroatoms. The number of hydrogen-bond donors (Lipinski definition) is 0. The van der Waals surface area contributed by atoms with E-state index in [4.69, 9.17) is 11.6 Å². The molecule has 3 nitrogen and oxygen atoms in total. The number of aryl methyl sites for hydroxylation is 1. The van der Waals surface area contributed by atoms with Gasteiger partial charge in [-0.3, -0.25) is 4.68 Å². The molecule has 2 rings (SSSR count). The third-order valence-electron chi connectivity index (χ3n) is 3.56. The molecule has 0 spiro atoms. The van der Waals surface area contributed by atoms with E-state index in [0.717, 1.165) is 19.5 Å². The van der Waals surface area contributed by atoms with Crippen LogP contribution in [0.15, 0.2) is 12.3 Å². The predicted molar refractivity (Wildman–Crippen MR) is 66.8 cm³/mol. The topological polar surface area (TPSA) is 21.1 Å². The van der Waals surface area contributed by atoms with Crippen LogP contribution in [0.5, 0.6) is 0 Å². The van der Waals surface area contributed by atoms with Crippen molar-refractivity contribution < 1.29 is 0 Å². The molecule has 2 atom stereocenters. The Morgan fingerprint density at radius 1 is 1.56 bits per heavy atom. The maximum absolute atomic E-state index is 6.29. The molecule has 2 unspecified atom stereocenters. The molecular weight excluding hydrogens is 222 g/mol. The van der Waals surface area contributed by atoms with Crippen LogP contribution in [-0.2, 0) is 13.5 Å². The van der Waals surface area contributed by atoms with Gasteiger partial charge in [-0.25, -0.2) is 0 Å². The van der Waals surface area contributed by atoms with Gasteiger partial charge in [-0.1, -0.05) is 6.92 Å². The fraction of sp³-hybridized carbons (Fsp3) is 0.750. The van der Waals surface area contributed by atoms with E-state index in [1.165, 1.54) is 18.7 Å². The Morgan fingerprint density at radius 3 is 3.00 bits per heavy atom. The van der Waals surface area contributed by atoms with E-state index in [0.29, 0.717) is 11.3 Å². The summed E-state index contributed by atoms with van der Waals surface area (Å²) in [4.78, 5) is 2.46. The summed E-state index contributed by atoms with van der Waals surface area (Å²) in [5, 5.41) is 4.50. The second kappa shape index (κ2) is 5.19. The largest absolute Gasteiger partial charge is 0.301 e. The number of alkyl halides is 1. The van der Waals surface area contributed by atoms with Crippen LogP contribution < -0.4 is 0 Å². The number of aromatic nitrogens is 2. The first-order valence-electron chi connectivity index (χ1n) is 6.00. The molecule has 1 aromatic rings. The molecule has 0 aliphatic carbocycles. The van der Waals surface area contributed by atoms with Crippen LogP contribution in [0.2, 0.25) is 0 Å². The molecule has 1 saturated heterocycles. The molecule has 0 N–H and O–H groups in total. The minimum absolute atomic E-state index is 0.320. The number of nitrogens with zero attached hydrogens (tertiary/aromatic N) is 3. The average molecular weight is 242 g/mol. The monoisotopic (exact) mass is 241 g/mol. The smallest absolute Gasteiger partial charge is 0.0492 e. The molecule has 90 valence electrons. The van der Waals surface area contributed by atoms with Gasteiger partial charge in [0.1, 0.15) is 0 Å². The third kappa shape index (κ3) is 2.77. The fourth-order valence-electron chi connectivity index (χ4n) is 2.21. The van der Waals surface area contributed by atoms with Crippen molar-refractivity contribution in [2.24, 2.45) is 13.0 Å². The van der Waals surface area contributed by atoms with E-state index >= 15 is 0 Å². The standard InChI is InChI=1S/C12H20ClN3/c1-10-4-7-16(9-12(10)13)8-5-11-3-6-14-15(11)2/h3,6,10,12H,4-5,7-9H2,1-2H3. The van der Waals surface area contributed by atoms with Crippen LogP contribution in [0.1, 0.15) is 19.0 Å². The van der Waals surface area contributed by atoms with Gasteiger partial charge < -0.3 is 4.90 Å². The Balaban J connectivity index is 1.81. The molecular formula is C12H20ClN3. The van der Waals surface area contributed by atoms with E-state index in [1.807, 2.05) is 17.9 Å². The lowest BCUT2D eigenvalue weighted by atomic mass is 9.98. The molecule has 0 bridgehead atoms. The fourth-order valence-corrected chi connectivity index (χ4v) is 2.53. The Morgan fingerprint density at radius 2 is 2.38 bits per heavy atom. The first-order chi connectivity index (χ1) is 7.66. The minimum Gasteiger partial charge on any atom is -0.301 e. The van der Waals surface area contributed by atoms with Crippen molar-refractivity contribution in [2.75, 3.05) is 19.6 Å². The van der Waals surface area contributed by atoms with Crippen molar-refractivity contribution in [3.8, 4) is 0 Å². The molecule has 16 heavy (non-hydrogen) atoms. The number of likely N-dealkylation sites (tertiary alicyclic amines) is 1. The van der Waals surface area contributed by atoms with Gasteiger partial charge in [-0.2, -0.15) is 5.10 Å². The van der Waals surface area contributed by atoms with Crippen LogP contribution in [0.3, 0.4) is 0 Å². The Bertz CT molecular complexity index is 337. The summed E-state index contributed by atoms with van der Waals surface area (Å²) >= 11 is 6.29. The first-order valence-corrected chi connectivity index (χ1v) is 6.44. The zero-order chi connectivity index (χ0) is 11.5. The van der Waals surface area contributed by atoms with Crippen molar-refractivity contribution in [1.29, 1.82) is 0 Å². The van der Waals surface area contributed by atoms with Gasteiger partial charge in [0.25, 0.3) is 0 Å². The summed E-state index contributed by atoms with van der Waals surface area (Å²) < 4.78 is 1.95. The van der Waals surface area contributed by atoms with E-state index in [9.17, 15) is 0 Å². The Hall–Kier alpha value is -0.540. The van der Waals surface area contributed by atoms with Gasteiger partial charge in [0.2, 0.25) is 0 Å². The van der Waals surface area contributed by atoms with Gasteiger partial charge in [0.05, 0.1) is 0 Å². The van der Waals surface area contributed by atoms with Crippen molar-refractivity contribution in [3.05, 3.63) is 18.0 Å². The van der Waals surface area contributed by atoms with Crippen LogP contribution >= 0.6 is 11.6 Å². The van der Waals surface area contributed by atoms with E-state index in [-0.39, 0.29) is 0 Å². The van der Waals surface area contributed by atoms with Crippen LogP contribution in [-0.4, -0.2) is 39.7 Å². The maximum Gasteiger partial charge on any atom is 0.0492 e. The third-order valence-corrected chi connectivity index (χ3v) is 4.13. The van der Waals surface area contributed by atoms with Crippen LogP contribution in [0.25, 0.3) is 0 Å². The van der Waals surface area contributed by atoms with Crippen molar-refractivity contribution in [3.63, 3.8) is 0 Å². The molecule has 0 amide bonds. The Labute approximate surface area is 102 Å². The molecule has 1 aliphatic rings. The molecule has 0 aromatic carbocycles. The van der Waals surface area contributed by atoms with Gasteiger partial charge >= 0.3 is 0 Å². The summed E-state index contributed by atoms with van der Waals surface area (Å²) in [5.74, 6) is 0.662. The lowest BCUT2D eigenvalue weighted by molar-refractivity contribution is 0.198. The minimum atomic E-state index is 0.320. The highest BCUT2D eigenvalue weighted by atomic mass is 35.5. The quantitative estimate of drug-likeness (QED) is 0.754. The second-order valence-electron chi connectivity index (χ2n) is 4.78. The lowest BCUT2D eigenvalue weighted by Gasteiger charge is -2.33. The molecule has 2 heterocycles. The zero-order valence-electron chi connectivity index (χ0n) is 10.1. The van der Waals surface area contributed by atoms with Crippen molar-refractivity contribution in [1.82, 2.24) is 14.7 Å². The highest BCUT2D eigenvalue weighted by Gasteiger charge is 2.23. The van der Waals surface area contributed by atoms with Crippen molar-refractivity contribution in [2.45, 2.75) is 25.1 Å². The number of halogens is 1. The van der Waals surface area contributed by atoms with Gasteiger partial charge in [0, 0.05) is 43.8 Å². The predicted octanol–water partition coefficient (Wildman–Crippen LogP) is 1.91. The Kier molecular flexibility index (Phi) is 3.87. The van der Waals surface area contributed by atoms with E-state index in [2.05, 4.69) is 23.0 Å². The average Bonchev–Trinajstić information content (AvgIpc) is 2.66. The lowest BCUT2D eigenvalue weighted by Crippen LogP contribution is -2.41. The second-order valence-corrected chi connectivity index (χ2v) is 5.34. The normalized spacial score (nSPS) is 27.2. The summed E-state index contributed by atoms with van der Waals surface area (Å²) in [6.07, 6.45) is 4.14. The molecule has 1 fully saturated rings. The maximum atomic E-state index is 6.29. The zero-order valence-corrected chi connectivity index (χ0v) is 10.8. The van der Waals surface area contributed by atoms with E-state index < -0.39 is 0 Å². The van der Waals surface area contributed by atoms with Crippen LogP contribution in [0.4, 0.5) is 0 Å². The number of piperidine rings is 1. The van der Waals surface area contributed by atoms with Gasteiger partial charge in [-0.05, 0) is 24.9 Å². The van der Waals surface area contributed by atoms with Crippen molar-refractivity contribution >= 4 is 11.6 Å². The molecule has 1 aromatic heterocycles.